The number of amides is 1. The predicted molar refractivity (Wildman–Crippen MR) is 124 cm³/mol. The van der Waals surface area contributed by atoms with Crippen LogP contribution in [0.5, 0.6) is 0 Å². The van der Waals surface area contributed by atoms with Gasteiger partial charge in [0.15, 0.2) is 6.10 Å². The third-order valence-electron chi connectivity index (χ3n) is 5.02. The van der Waals surface area contributed by atoms with Crippen molar-refractivity contribution >= 4 is 23.3 Å². The highest BCUT2D eigenvalue weighted by atomic mass is 19.4. The van der Waals surface area contributed by atoms with Crippen LogP contribution in [0, 0.1) is 6.92 Å². The van der Waals surface area contributed by atoms with E-state index in [2.05, 4.69) is 10.4 Å². The van der Waals surface area contributed by atoms with Crippen molar-refractivity contribution < 1.29 is 27.5 Å². The molecule has 0 radical (unpaired) electrons. The van der Waals surface area contributed by atoms with E-state index in [1.807, 2.05) is 19.0 Å². The van der Waals surface area contributed by atoms with Crippen LogP contribution in [0.4, 0.5) is 24.5 Å². The first kappa shape index (κ1) is 25.5. The summed E-state index contributed by atoms with van der Waals surface area (Å²) in [5, 5.41) is 6.51. The molecule has 0 fully saturated rings. The summed E-state index contributed by atoms with van der Waals surface area (Å²) >= 11 is 0. The zero-order chi connectivity index (χ0) is 25.9. The van der Waals surface area contributed by atoms with Gasteiger partial charge in [0.25, 0.3) is 5.91 Å². The Kier molecular flexibility index (Phi) is 7.28. The normalized spacial score (nSPS) is 12.1. The first-order chi connectivity index (χ1) is 16.4. The number of benzene rings is 2. The molecule has 1 amide bonds. The average Bonchev–Trinajstić information content (AvgIpc) is 2.78. The monoisotopic (exact) mass is 488 g/mol. The van der Waals surface area contributed by atoms with Crippen molar-refractivity contribution in [2.75, 3.05) is 24.3 Å². The summed E-state index contributed by atoms with van der Waals surface area (Å²) in [5.74, 6) is -1.82. The maximum Gasteiger partial charge on any atom is 0.416 e. The minimum absolute atomic E-state index is 0.00154. The van der Waals surface area contributed by atoms with E-state index in [-0.39, 0.29) is 11.4 Å². The number of nitrogens with zero attached hydrogens (tertiary/aromatic N) is 3. The Balaban J connectivity index is 1.79. The van der Waals surface area contributed by atoms with E-state index in [1.165, 1.54) is 26.0 Å². The topological polar surface area (TPSA) is 93.5 Å². The summed E-state index contributed by atoms with van der Waals surface area (Å²) in [6, 6.07) is 12.3. The number of esters is 1. The van der Waals surface area contributed by atoms with Crippen molar-refractivity contribution in [3.8, 4) is 5.69 Å². The van der Waals surface area contributed by atoms with E-state index in [0.29, 0.717) is 5.69 Å². The van der Waals surface area contributed by atoms with E-state index in [1.54, 1.807) is 24.3 Å². The van der Waals surface area contributed by atoms with Crippen molar-refractivity contribution in [1.29, 1.82) is 0 Å². The second-order valence-electron chi connectivity index (χ2n) is 7.94. The minimum Gasteiger partial charge on any atom is -0.448 e. The van der Waals surface area contributed by atoms with Gasteiger partial charge in [-0.15, -0.1) is 0 Å². The lowest BCUT2D eigenvalue weighted by Gasteiger charge is -2.16. The lowest BCUT2D eigenvalue weighted by Crippen LogP contribution is -2.32. The zero-order valence-electron chi connectivity index (χ0n) is 19.4. The Morgan fingerprint density at radius 1 is 1.09 bits per heavy atom. The third-order valence-corrected chi connectivity index (χ3v) is 5.02. The van der Waals surface area contributed by atoms with Crippen LogP contribution in [-0.4, -0.2) is 41.9 Å². The molecule has 0 aliphatic heterocycles. The van der Waals surface area contributed by atoms with Crippen LogP contribution in [0.3, 0.4) is 0 Å². The molecule has 0 bridgehead atoms. The third kappa shape index (κ3) is 6.05. The van der Waals surface area contributed by atoms with Crippen molar-refractivity contribution in [1.82, 2.24) is 9.78 Å². The standard InChI is InChI=1S/C24H23F3N4O4/c1-14-12-20(32)21(29-31(14)19-7-5-6-16(13-19)24(25,26)27)23(34)35-15(2)22(33)28-17-8-10-18(11-9-17)30(3)4/h5-13,15H,1-4H3,(H,28,33). The van der Waals surface area contributed by atoms with Gasteiger partial charge >= 0.3 is 12.1 Å². The molecule has 3 rings (SSSR count). The second-order valence-corrected chi connectivity index (χ2v) is 7.94. The number of aromatic nitrogens is 2. The van der Waals surface area contributed by atoms with Crippen LogP contribution in [0.15, 0.2) is 59.4 Å². The number of carbonyl (C=O) groups excluding carboxylic acids is 2. The number of rotatable bonds is 6. The van der Waals surface area contributed by atoms with E-state index in [9.17, 15) is 27.6 Å². The number of alkyl halides is 3. The number of halogens is 3. The number of anilines is 2. The summed E-state index contributed by atoms with van der Waals surface area (Å²) in [6.45, 7) is 2.78. The molecule has 1 heterocycles. The summed E-state index contributed by atoms with van der Waals surface area (Å²) in [4.78, 5) is 39.3. The van der Waals surface area contributed by atoms with Crippen LogP contribution in [-0.2, 0) is 15.7 Å². The number of aryl methyl sites for hydroxylation is 1. The Morgan fingerprint density at radius 3 is 2.34 bits per heavy atom. The van der Waals surface area contributed by atoms with Crippen molar-refractivity contribution in [3.63, 3.8) is 0 Å². The number of carbonyl (C=O) groups is 2. The van der Waals surface area contributed by atoms with Crippen LogP contribution < -0.4 is 15.6 Å². The molecule has 0 aliphatic carbocycles. The summed E-state index contributed by atoms with van der Waals surface area (Å²) in [5.41, 5.74) is -0.765. The highest BCUT2D eigenvalue weighted by Crippen LogP contribution is 2.30. The van der Waals surface area contributed by atoms with Gasteiger partial charge in [0, 0.05) is 37.2 Å². The quantitative estimate of drug-likeness (QED) is 0.531. The van der Waals surface area contributed by atoms with Gasteiger partial charge in [0.2, 0.25) is 11.1 Å². The fraction of sp³-hybridized carbons (Fsp3) is 0.250. The number of hydrogen-bond donors (Lipinski definition) is 1. The molecule has 1 unspecified atom stereocenters. The zero-order valence-corrected chi connectivity index (χ0v) is 19.4. The maximum absolute atomic E-state index is 13.1. The molecule has 35 heavy (non-hydrogen) atoms. The molecule has 1 N–H and O–H groups in total. The largest absolute Gasteiger partial charge is 0.448 e. The fourth-order valence-corrected chi connectivity index (χ4v) is 3.12. The van der Waals surface area contributed by atoms with Crippen LogP contribution in [0.2, 0.25) is 0 Å². The van der Waals surface area contributed by atoms with E-state index in [4.69, 9.17) is 4.74 Å². The Bertz CT molecular complexity index is 1300. The highest BCUT2D eigenvalue weighted by Gasteiger charge is 2.31. The summed E-state index contributed by atoms with van der Waals surface area (Å²) < 4.78 is 45.4. The van der Waals surface area contributed by atoms with Crippen molar-refractivity contribution in [2.24, 2.45) is 0 Å². The molecule has 2 aromatic carbocycles. The van der Waals surface area contributed by atoms with E-state index in [0.717, 1.165) is 28.6 Å². The molecular formula is C24H23F3N4O4. The number of hydrogen-bond acceptors (Lipinski definition) is 6. The van der Waals surface area contributed by atoms with Gasteiger partial charge < -0.3 is 15.0 Å². The molecule has 0 saturated heterocycles. The molecule has 0 aliphatic rings. The summed E-state index contributed by atoms with van der Waals surface area (Å²) in [6.07, 6.45) is -5.86. The van der Waals surface area contributed by atoms with Gasteiger partial charge in [0.05, 0.1) is 11.3 Å². The Labute approximate surface area is 198 Å². The lowest BCUT2D eigenvalue weighted by atomic mass is 10.2. The van der Waals surface area contributed by atoms with Crippen molar-refractivity contribution in [2.45, 2.75) is 26.1 Å². The average molecular weight is 488 g/mol. The molecule has 0 saturated carbocycles. The van der Waals surface area contributed by atoms with Crippen molar-refractivity contribution in [3.05, 3.63) is 81.8 Å². The van der Waals surface area contributed by atoms with Gasteiger partial charge in [0.1, 0.15) is 0 Å². The van der Waals surface area contributed by atoms with Gasteiger partial charge in [-0.2, -0.15) is 18.3 Å². The molecule has 3 aromatic rings. The van der Waals surface area contributed by atoms with Crippen LogP contribution in [0.1, 0.15) is 28.7 Å². The first-order valence-corrected chi connectivity index (χ1v) is 10.4. The van der Waals surface area contributed by atoms with Gasteiger partial charge in [-0.05, 0) is 56.3 Å². The molecular weight excluding hydrogens is 465 g/mol. The highest BCUT2D eigenvalue weighted by molar-refractivity contribution is 5.96. The smallest absolute Gasteiger partial charge is 0.416 e. The minimum atomic E-state index is -4.58. The summed E-state index contributed by atoms with van der Waals surface area (Å²) in [7, 11) is 3.74. The van der Waals surface area contributed by atoms with E-state index >= 15 is 0 Å². The van der Waals surface area contributed by atoms with Gasteiger partial charge in [-0.25, -0.2) is 9.48 Å². The number of ether oxygens (including phenoxy) is 1. The molecule has 8 nitrogen and oxygen atoms in total. The Morgan fingerprint density at radius 2 is 1.74 bits per heavy atom. The SMILES string of the molecule is Cc1cc(=O)c(C(=O)OC(C)C(=O)Nc2ccc(N(C)C)cc2)nn1-c1cccc(C(F)(F)F)c1. The maximum atomic E-state index is 13.1. The molecule has 184 valence electrons. The molecule has 1 atom stereocenters. The molecule has 0 spiro atoms. The predicted octanol–water partition coefficient (Wildman–Crippen LogP) is 3.81. The molecule has 11 heteroatoms. The van der Waals surface area contributed by atoms with Crippen LogP contribution >= 0.6 is 0 Å². The van der Waals surface area contributed by atoms with Gasteiger partial charge in [-0.1, -0.05) is 6.07 Å². The second kappa shape index (κ2) is 10.00. The van der Waals surface area contributed by atoms with Crippen LogP contribution in [0.25, 0.3) is 5.69 Å². The lowest BCUT2D eigenvalue weighted by molar-refractivity contribution is -0.137. The Hall–Kier alpha value is -4.15. The number of nitrogens with one attached hydrogen (secondary N) is 1. The fourth-order valence-electron chi connectivity index (χ4n) is 3.12. The van der Waals surface area contributed by atoms with E-state index < -0.39 is 40.8 Å². The van der Waals surface area contributed by atoms with Gasteiger partial charge in [-0.3, -0.25) is 9.59 Å². The first-order valence-electron chi connectivity index (χ1n) is 10.4. The molecule has 1 aromatic heterocycles.